The summed E-state index contributed by atoms with van der Waals surface area (Å²) < 4.78 is 4.98. The van der Waals surface area contributed by atoms with Gasteiger partial charge in [0.05, 0.1) is 13.2 Å². The zero-order chi connectivity index (χ0) is 12.5. The number of methoxy groups -OCH3 is 1. The van der Waals surface area contributed by atoms with Crippen LogP contribution in [0.25, 0.3) is 0 Å². The van der Waals surface area contributed by atoms with Crippen molar-refractivity contribution in [2.45, 2.75) is 19.8 Å². The topological polar surface area (TPSA) is 87.9 Å². The summed E-state index contributed by atoms with van der Waals surface area (Å²) in [5.74, 6) is 0.218. The molecule has 0 aliphatic heterocycles. The van der Waals surface area contributed by atoms with Crippen LogP contribution in [0.1, 0.15) is 18.5 Å². The molecule has 1 fully saturated rings. The highest BCUT2D eigenvalue weighted by Gasteiger charge is 2.50. The highest BCUT2D eigenvalue weighted by molar-refractivity contribution is 5.98. The summed E-state index contributed by atoms with van der Waals surface area (Å²) in [5, 5.41) is 11.4. The lowest BCUT2D eigenvalue weighted by Gasteiger charge is -2.08. The van der Waals surface area contributed by atoms with Crippen LogP contribution in [0.4, 0.5) is 5.95 Å². The summed E-state index contributed by atoms with van der Waals surface area (Å²) in [7, 11) is 1.49. The Balaban J connectivity index is 2.17. The van der Waals surface area contributed by atoms with E-state index in [4.69, 9.17) is 10.00 Å². The maximum absolute atomic E-state index is 11.8. The Kier molecular flexibility index (Phi) is 2.68. The Labute approximate surface area is 98.6 Å². The fraction of sp³-hybridized carbons (Fsp3) is 0.455. The second-order valence-electron chi connectivity index (χ2n) is 4.02. The Hall–Kier alpha value is -2.16. The van der Waals surface area contributed by atoms with Gasteiger partial charge < -0.3 is 4.74 Å². The van der Waals surface area contributed by atoms with Crippen LogP contribution in [0.2, 0.25) is 0 Å². The molecular formula is C11H12N4O2. The number of rotatable bonds is 3. The monoisotopic (exact) mass is 232 g/mol. The molecule has 1 amide bonds. The minimum atomic E-state index is -0.875. The zero-order valence-corrected chi connectivity index (χ0v) is 9.65. The fourth-order valence-electron chi connectivity index (χ4n) is 1.44. The van der Waals surface area contributed by atoms with Crippen molar-refractivity contribution < 1.29 is 9.53 Å². The molecule has 6 nitrogen and oxygen atoms in total. The second kappa shape index (κ2) is 4.01. The van der Waals surface area contributed by atoms with Gasteiger partial charge in [-0.1, -0.05) is 0 Å². The first kappa shape index (κ1) is 11.3. The third-order valence-electron chi connectivity index (χ3n) is 2.66. The molecule has 0 atom stereocenters. The van der Waals surface area contributed by atoms with Crippen molar-refractivity contribution in [3.63, 3.8) is 0 Å². The van der Waals surface area contributed by atoms with E-state index in [0.29, 0.717) is 24.4 Å². The number of hydrogen-bond acceptors (Lipinski definition) is 5. The molecule has 1 heterocycles. The molecule has 0 radical (unpaired) electrons. The summed E-state index contributed by atoms with van der Waals surface area (Å²) in [5.41, 5.74) is -0.186. The third-order valence-corrected chi connectivity index (χ3v) is 2.66. The molecule has 2 rings (SSSR count). The first-order chi connectivity index (χ1) is 8.09. The van der Waals surface area contributed by atoms with Crippen LogP contribution in [0.5, 0.6) is 5.88 Å². The number of aromatic nitrogens is 2. The minimum Gasteiger partial charge on any atom is -0.481 e. The number of nitrogens with zero attached hydrogens (tertiary/aromatic N) is 3. The van der Waals surface area contributed by atoms with E-state index in [1.54, 1.807) is 13.0 Å². The van der Waals surface area contributed by atoms with Gasteiger partial charge >= 0.3 is 0 Å². The summed E-state index contributed by atoms with van der Waals surface area (Å²) >= 11 is 0. The zero-order valence-electron chi connectivity index (χ0n) is 9.65. The van der Waals surface area contributed by atoms with Gasteiger partial charge in [0.25, 0.3) is 0 Å². The maximum atomic E-state index is 11.8. The molecule has 1 aliphatic carbocycles. The number of hydrogen-bond donors (Lipinski definition) is 1. The van der Waals surface area contributed by atoms with Gasteiger partial charge in [-0.3, -0.25) is 10.1 Å². The Morgan fingerprint density at radius 2 is 2.29 bits per heavy atom. The van der Waals surface area contributed by atoms with E-state index in [0.717, 1.165) is 0 Å². The van der Waals surface area contributed by atoms with Crippen LogP contribution in [-0.4, -0.2) is 23.0 Å². The molecule has 0 unspecified atom stereocenters. The van der Waals surface area contributed by atoms with Crippen molar-refractivity contribution in [2.24, 2.45) is 5.41 Å². The molecular weight excluding hydrogens is 220 g/mol. The van der Waals surface area contributed by atoms with E-state index in [1.807, 2.05) is 6.07 Å². The Morgan fingerprint density at radius 3 is 2.82 bits per heavy atom. The van der Waals surface area contributed by atoms with Crippen LogP contribution < -0.4 is 10.1 Å². The highest BCUT2D eigenvalue weighted by atomic mass is 16.5. The van der Waals surface area contributed by atoms with Crippen molar-refractivity contribution in [2.75, 3.05) is 12.4 Å². The van der Waals surface area contributed by atoms with E-state index in [2.05, 4.69) is 15.3 Å². The van der Waals surface area contributed by atoms with Crippen molar-refractivity contribution in [3.8, 4) is 11.9 Å². The smallest absolute Gasteiger partial charge is 0.247 e. The molecule has 0 aromatic carbocycles. The Morgan fingerprint density at radius 1 is 1.59 bits per heavy atom. The molecule has 1 aromatic heterocycles. The molecule has 17 heavy (non-hydrogen) atoms. The predicted molar refractivity (Wildman–Crippen MR) is 59.2 cm³/mol. The first-order valence-corrected chi connectivity index (χ1v) is 5.22. The SMILES string of the molecule is COc1cc(C)nc(NC(=O)C2(C#N)CC2)n1. The summed E-state index contributed by atoms with van der Waals surface area (Å²) in [6.45, 7) is 1.77. The third kappa shape index (κ3) is 2.18. The summed E-state index contributed by atoms with van der Waals surface area (Å²) in [4.78, 5) is 19.8. The van der Waals surface area contributed by atoms with Gasteiger partial charge in [0.2, 0.25) is 17.7 Å². The summed E-state index contributed by atoms with van der Waals surface area (Å²) in [6, 6.07) is 3.68. The number of carbonyl (C=O) groups is 1. The van der Waals surface area contributed by atoms with Crippen molar-refractivity contribution >= 4 is 11.9 Å². The second-order valence-corrected chi connectivity index (χ2v) is 4.02. The molecule has 0 saturated heterocycles. The normalized spacial score (nSPS) is 15.8. The van der Waals surface area contributed by atoms with Gasteiger partial charge in [-0.05, 0) is 19.8 Å². The van der Waals surface area contributed by atoms with Crippen LogP contribution >= 0.6 is 0 Å². The van der Waals surface area contributed by atoms with Crippen LogP contribution in [0.15, 0.2) is 6.07 Å². The van der Waals surface area contributed by atoms with Gasteiger partial charge in [-0.25, -0.2) is 4.98 Å². The van der Waals surface area contributed by atoms with Gasteiger partial charge in [0, 0.05) is 11.8 Å². The average Bonchev–Trinajstić information content (AvgIpc) is 3.09. The van der Waals surface area contributed by atoms with Crippen LogP contribution in [0, 0.1) is 23.7 Å². The standard InChI is InChI=1S/C11H12N4O2/c1-7-5-8(17-2)14-10(13-7)15-9(16)11(6-12)3-4-11/h5H,3-4H2,1-2H3,(H,13,14,15,16). The number of nitrogens with one attached hydrogen (secondary N) is 1. The van der Waals surface area contributed by atoms with E-state index < -0.39 is 5.41 Å². The number of nitriles is 1. The van der Waals surface area contributed by atoms with Crippen molar-refractivity contribution in [3.05, 3.63) is 11.8 Å². The lowest BCUT2D eigenvalue weighted by atomic mass is 10.1. The predicted octanol–water partition coefficient (Wildman–Crippen LogP) is 1.04. The molecule has 1 aliphatic rings. The van der Waals surface area contributed by atoms with E-state index in [9.17, 15) is 4.79 Å². The van der Waals surface area contributed by atoms with E-state index in [1.165, 1.54) is 7.11 Å². The van der Waals surface area contributed by atoms with Gasteiger partial charge in [-0.15, -0.1) is 0 Å². The van der Waals surface area contributed by atoms with Crippen LogP contribution in [0.3, 0.4) is 0 Å². The minimum absolute atomic E-state index is 0.174. The number of carbonyl (C=O) groups excluding carboxylic acids is 1. The first-order valence-electron chi connectivity index (χ1n) is 5.22. The number of ether oxygens (including phenoxy) is 1. The maximum Gasteiger partial charge on any atom is 0.247 e. The van der Waals surface area contributed by atoms with E-state index in [-0.39, 0.29) is 11.9 Å². The summed E-state index contributed by atoms with van der Waals surface area (Å²) in [6.07, 6.45) is 1.19. The largest absolute Gasteiger partial charge is 0.481 e. The van der Waals surface area contributed by atoms with E-state index >= 15 is 0 Å². The lowest BCUT2D eigenvalue weighted by Crippen LogP contribution is -2.24. The lowest BCUT2D eigenvalue weighted by molar-refractivity contribution is -0.119. The number of aryl methyl sites for hydroxylation is 1. The molecule has 0 spiro atoms. The van der Waals surface area contributed by atoms with Gasteiger partial charge in [-0.2, -0.15) is 10.2 Å². The average molecular weight is 232 g/mol. The van der Waals surface area contributed by atoms with Gasteiger partial charge in [0.1, 0.15) is 5.41 Å². The molecule has 1 N–H and O–H groups in total. The number of anilines is 1. The number of amides is 1. The quantitative estimate of drug-likeness (QED) is 0.841. The van der Waals surface area contributed by atoms with Gasteiger partial charge in [0.15, 0.2) is 0 Å². The molecule has 0 bridgehead atoms. The van der Waals surface area contributed by atoms with Crippen molar-refractivity contribution in [1.29, 1.82) is 5.26 Å². The molecule has 6 heteroatoms. The fourth-order valence-corrected chi connectivity index (χ4v) is 1.44. The van der Waals surface area contributed by atoms with Crippen LogP contribution in [-0.2, 0) is 4.79 Å². The molecule has 88 valence electrons. The molecule has 1 saturated carbocycles. The molecule has 1 aromatic rings. The Bertz CT molecular complexity index is 503. The highest BCUT2D eigenvalue weighted by Crippen LogP contribution is 2.45. The van der Waals surface area contributed by atoms with Crippen molar-refractivity contribution in [1.82, 2.24) is 9.97 Å².